The van der Waals surface area contributed by atoms with Crippen molar-refractivity contribution in [2.45, 2.75) is 32.8 Å². The van der Waals surface area contributed by atoms with Gasteiger partial charge in [-0.25, -0.2) is 0 Å². The van der Waals surface area contributed by atoms with Gasteiger partial charge in [0.1, 0.15) is 0 Å². The maximum Gasteiger partial charge on any atom is 0.171 e. The van der Waals surface area contributed by atoms with Crippen LogP contribution < -0.4 is 4.74 Å². The number of aliphatic hydroxyl groups excluding tert-OH is 2. The summed E-state index contributed by atoms with van der Waals surface area (Å²) in [7, 11) is 1.52. The second-order valence-electron chi connectivity index (χ2n) is 5.72. The molecule has 1 aromatic rings. The molecule has 0 aliphatic carbocycles. The Morgan fingerprint density at radius 2 is 2.04 bits per heavy atom. The highest BCUT2D eigenvalue weighted by Crippen LogP contribution is 2.33. The number of phenols is 1. The summed E-state index contributed by atoms with van der Waals surface area (Å²) in [6.45, 7) is 7.54. The first kappa shape index (κ1) is 20.7. The van der Waals surface area contributed by atoms with Crippen LogP contribution in [0.3, 0.4) is 0 Å². The van der Waals surface area contributed by atoms with Crippen molar-refractivity contribution >= 4 is 28.7 Å². The van der Waals surface area contributed by atoms with Crippen molar-refractivity contribution in [2.75, 3.05) is 13.7 Å². The molecule has 1 atom stereocenters. The molecule has 0 fully saturated rings. The lowest BCUT2D eigenvalue weighted by molar-refractivity contribution is 0.201. The second-order valence-corrected chi connectivity index (χ2v) is 6.88. The van der Waals surface area contributed by atoms with Gasteiger partial charge in [0, 0.05) is 0 Å². The standard InChI is InChI=1S/C19H25IO4/c1-12(2)15(7-8-21)17(22)6-5-13(3)9-14-10-16(20)19(23)18(11-14)24-4/h7,9-11,17,21-23H,1,5-6,8H2,2-4H3/b13-9+,15-7-. The van der Waals surface area contributed by atoms with E-state index in [4.69, 9.17) is 9.84 Å². The van der Waals surface area contributed by atoms with E-state index in [1.807, 2.05) is 26.0 Å². The molecular formula is C19H25IO4. The summed E-state index contributed by atoms with van der Waals surface area (Å²) in [4.78, 5) is 0. The maximum atomic E-state index is 10.3. The van der Waals surface area contributed by atoms with Crippen LogP contribution in [0.2, 0.25) is 0 Å². The predicted molar refractivity (Wildman–Crippen MR) is 106 cm³/mol. The van der Waals surface area contributed by atoms with Gasteiger partial charge in [-0.3, -0.25) is 0 Å². The first-order valence-electron chi connectivity index (χ1n) is 7.68. The highest BCUT2D eigenvalue weighted by Gasteiger charge is 2.12. The van der Waals surface area contributed by atoms with E-state index in [0.29, 0.717) is 24.2 Å². The SMILES string of the molecule is C=C(C)/C(=C/CO)C(O)CC/C(C)=C/c1cc(I)c(O)c(OC)c1. The van der Waals surface area contributed by atoms with Crippen LogP contribution in [0.25, 0.3) is 6.08 Å². The molecule has 132 valence electrons. The quantitative estimate of drug-likeness (QED) is 0.418. The van der Waals surface area contributed by atoms with E-state index >= 15 is 0 Å². The number of aromatic hydroxyl groups is 1. The van der Waals surface area contributed by atoms with Crippen LogP contribution in [0.1, 0.15) is 32.3 Å². The minimum Gasteiger partial charge on any atom is -0.504 e. The van der Waals surface area contributed by atoms with Gasteiger partial charge < -0.3 is 20.1 Å². The summed E-state index contributed by atoms with van der Waals surface area (Å²) in [5.74, 6) is 0.583. The van der Waals surface area contributed by atoms with Gasteiger partial charge in [0.25, 0.3) is 0 Å². The van der Waals surface area contributed by atoms with Gasteiger partial charge in [-0.2, -0.15) is 0 Å². The van der Waals surface area contributed by atoms with E-state index in [-0.39, 0.29) is 12.4 Å². The van der Waals surface area contributed by atoms with Crippen molar-refractivity contribution in [3.63, 3.8) is 0 Å². The van der Waals surface area contributed by atoms with E-state index in [9.17, 15) is 10.2 Å². The second kappa shape index (κ2) is 9.86. The molecule has 5 heteroatoms. The Morgan fingerprint density at radius 1 is 1.38 bits per heavy atom. The van der Waals surface area contributed by atoms with Crippen molar-refractivity contribution < 1.29 is 20.1 Å². The van der Waals surface area contributed by atoms with Crippen LogP contribution in [0.4, 0.5) is 0 Å². The number of hydrogen-bond acceptors (Lipinski definition) is 4. The van der Waals surface area contributed by atoms with Gasteiger partial charge in [0.15, 0.2) is 11.5 Å². The normalized spacial score (nSPS) is 13.8. The molecule has 0 saturated heterocycles. The lowest BCUT2D eigenvalue weighted by atomic mass is 9.96. The highest BCUT2D eigenvalue weighted by molar-refractivity contribution is 14.1. The number of benzene rings is 1. The van der Waals surface area contributed by atoms with Crippen LogP contribution >= 0.6 is 22.6 Å². The number of ether oxygens (including phenoxy) is 1. The average Bonchev–Trinajstić information content (AvgIpc) is 2.53. The third-order valence-corrected chi connectivity index (χ3v) is 4.48. The van der Waals surface area contributed by atoms with E-state index < -0.39 is 6.10 Å². The number of phenolic OH excluding ortho intramolecular Hbond substituents is 1. The minimum absolute atomic E-state index is 0.111. The molecule has 0 saturated carbocycles. The molecule has 3 N–H and O–H groups in total. The van der Waals surface area contributed by atoms with E-state index in [2.05, 4.69) is 29.2 Å². The lowest BCUT2D eigenvalue weighted by Crippen LogP contribution is -2.12. The zero-order chi connectivity index (χ0) is 18.3. The summed E-state index contributed by atoms with van der Waals surface area (Å²) in [5.41, 5.74) is 3.48. The Bertz CT molecular complexity index is 647. The van der Waals surface area contributed by atoms with Crippen LogP contribution in [-0.2, 0) is 0 Å². The van der Waals surface area contributed by atoms with Crippen molar-refractivity contribution in [2.24, 2.45) is 0 Å². The molecule has 4 nitrogen and oxygen atoms in total. The molecule has 0 bridgehead atoms. The topological polar surface area (TPSA) is 69.9 Å². The summed E-state index contributed by atoms with van der Waals surface area (Å²) < 4.78 is 5.89. The van der Waals surface area contributed by atoms with E-state index in [0.717, 1.165) is 20.3 Å². The molecule has 0 aromatic heterocycles. The molecule has 0 aliphatic rings. The Kier molecular flexibility index (Phi) is 8.52. The number of aliphatic hydroxyl groups is 2. The van der Waals surface area contributed by atoms with Crippen LogP contribution in [0.15, 0.2) is 41.5 Å². The fourth-order valence-corrected chi connectivity index (χ4v) is 3.03. The van der Waals surface area contributed by atoms with Crippen LogP contribution in [0.5, 0.6) is 11.5 Å². The molecule has 0 aliphatic heterocycles. The molecule has 0 amide bonds. The largest absolute Gasteiger partial charge is 0.504 e. The summed E-state index contributed by atoms with van der Waals surface area (Å²) in [5, 5.41) is 29.2. The minimum atomic E-state index is -0.646. The first-order valence-corrected chi connectivity index (χ1v) is 8.76. The molecule has 0 heterocycles. The predicted octanol–water partition coefficient (Wildman–Crippen LogP) is 4.04. The average molecular weight is 444 g/mol. The van der Waals surface area contributed by atoms with Crippen molar-refractivity contribution in [3.8, 4) is 11.5 Å². The smallest absolute Gasteiger partial charge is 0.171 e. The first-order chi connectivity index (χ1) is 11.3. The van der Waals surface area contributed by atoms with Gasteiger partial charge in [0.2, 0.25) is 0 Å². The van der Waals surface area contributed by atoms with Crippen molar-refractivity contribution in [1.29, 1.82) is 0 Å². The number of rotatable bonds is 8. The zero-order valence-electron chi connectivity index (χ0n) is 14.3. The molecule has 1 unspecified atom stereocenters. The maximum absolute atomic E-state index is 10.3. The van der Waals surface area contributed by atoms with Gasteiger partial charge in [-0.1, -0.05) is 29.9 Å². The third kappa shape index (κ3) is 5.96. The summed E-state index contributed by atoms with van der Waals surface area (Å²) >= 11 is 2.06. The highest BCUT2D eigenvalue weighted by atomic mass is 127. The summed E-state index contributed by atoms with van der Waals surface area (Å²) in [6, 6.07) is 3.66. The van der Waals surface area contributed by atoms with Crippen LogP contribution in [0, 0.1) is 3.57 Å². The monoisotopic (exact) mass is 444 g/mol. The molecule has 0 radical (unpaired) electrons. The third-order valence-electron chi connectivity index (χ3n) is 3.66. The lowest BCUT2D eigenvalue weighted by Gasteiger charge is -2.15. The Morgan fingerprint density at radius 3 is 2.58 bits per heavy atom. The van der Waals surface area contributed by atoms with Gasteiger partial charge in [-0.15, -0.1) is 0 Å². The number of allylic oxidation sites excluding steroid dienone is 1. The molecular weight excluding hydrogens is 419 g/mol. The van der Waals surface area contributed by atoms with Crippen molar-refractivity contribution in [3.05, 3.63) is 50.6 Å². The zero-order valence-corrected chi connectivity index (χ0v) is 16.5. The number of halogens is 1. The van der Waals surface area contributed by atoms with E-state index in [1.54, 1.807) is 12.1 Å². The fraction of sp³-hybridized carbons (Fsp3) is 0.368. The van der Waals surface area contributed by atoms with Gasteiger partial charge in [0.05, 0.1) is 23.4 Å². The van der Waals surface area contributed by atoms with Crippen molar-refractivity contribution in [1.82, 2.24) is 0 Å². The molecule has 24 heavy (non-hydrogen) atoms. The Hall–Kier alpha value is -1.31. The Balaban J connectivity index is 2.83. The van der Waals surface area contributed by atoms with Crippen LogP contribution in [-0.4, -0.2) is 35.1 Å². The fourth-order valence-electron chi connectivity index (χ4n) is 2.40. The molecule has 1 aromatic carbocycles. The molecule has 0 spiro atoms. The van der Waals surface area contributed by atoms with E-state index in [1.165, 1.54) is 7.11 Å². The number of methoxy groups -OCH3 is 1. The van der Waals surface area contributed by atoms with Gasteiger partial charge >= 0.3 is 0 Å². The Labute approximate surface area is 157 Å². The summed E-state index contributed by atoms with van der Waals surface area (Å²) in [6.07, 6.45) is 4.21. The van der Waals surface area contributed by atoms with Gasteiger partial charge in [-0.05, 0) is 72.5 Å². The number of hydrogen-bond donors (Lipinski definition) is 3. The molecule has 1 rings (SSSR count).